The summed E-state index contributed by atoms with van der Waals surface area (Å²) in [5.41, 5.74) is 1.54. The van der Waals surface area contributed by atoms with Gasteiger partial charge in [0.1, 0.15) is 5.56 Å². The standard InChI is InChI=1S/C13H19N3O3/c1-7-8(2)14-15-12(11(7)13(17)18)16(4)10-5-6-19-9(10)3/h9-10H,5-6H2,1-4H3,(H,17,18). The van der Waals surface area contributed by atoms with Gasteiger partial charge in [-0.2, -0.15) is 5.10 Å². The van der Waals surface area contributed by atoms with Crippen LogP contribution in [0.4, 0.5) is 5.82 Å². The molecular formula is C13H19N3O3. The molecule has 0 bridgehead atoms. The van der Waals surface area contributed by atoms with E-state index in [4.69, 9.17) is 4.74 Å². The third-order valence-electron chi connectivity index (χ3n) is 3.82. The fraction of sp³-hybridized carbons (Fsp3) is 0.615. The van der Waals surface area contributed by atoms with Crippen LogP contribution in [-0.4, -0.2) is 47.1 Å². The van der Waals surface area contributed by atoms with Crippen LogP contribution in [0.25, 0.3) is 0 Å². The minimum absolute atomic E-state index is 0.0649. The lowest BCUT2D eigenvalue weighted by molar-refractivity contribution is 0.0695. The lowest BCUT2D eigenvalue weighted by Crippen LogP contribution is -2.38. The molecule has 1 aromatic heterocycles. The second kappa shape index (κ2) is 5.13. The third-order valence-corrected chi connectivity index (χ3v) is 3.82. The van der Waals surface area contributed by atoms with Crippen LogP contribution in [0.5, 0.6) is 0 Å². The van der Waals surface area contributed by atoms with E-state index in [0.717, 1.165) is 6.42 Å². The van der Waals surface area contributed by atoms with Crippen molar-refractivity contribution in [2.24, 2.45) is 0 Å². The van der Waals surface area contributed by atoms with Crippen LogP contribution in [0, 0.1) is 13.8 Å². The first-order valence-corrected chi connectivity index (χ1v) is 6.35. The van der Waals surface area contributed by atoms with Crippen molar-refractivity contribution < 1.29 is 14.6 Å². The lowest BCUT2D eigenvalue weighted by Gasteiger charge is -2.28. The Labute approximate surface area is 112 Å². The van der Waals surface area contributed by atoms with Crippen LogP contribution < -0.4 is 4.90 Å². The van der Waals surface area contributed by atoms with E-state index in [-0.39, 0.29) is 17.7 Å². The molecule has 6 nitrogen and oxygen atoms in total. The summed E-state index contributed by atoms with van der Waals surface area (Å²) < 4.78 is 5.53. The third kappa shape index (κ3) is 2.40. The van der Waals surface area contributed by atoms with Crippen molar-refractivity contribution in [3.05, 3.63) is 16.8 Å². The van der Waals surface area contributed by atoms with E-state index in [9.17, 15) is 9.90 Å². The highest BCUT2D eigenvalue weighted by Gasteiger charge is 2.31. The summed E-state index contributed by atoms with van der Waals surface area (Å²) in [6.07, 6.45) is 0.931. The maximum absolute atomic E-state index is 11.5. The molecule has 2 atom stereocenters. The Kier molecular flexibility index (Phi) is 3.71. The molecule has 0 radical (unpaired) electrons. The molecule has 0 aromatic carbocycles. The van der Waals surface area contributed by atoms with E-state index in [1.807, 2.05) is 18.9 Å². The Bertz CT molecular complexity index is 504. The van der Waals surface area contributed by atoms with E-state index in [0.29, 0.717) is 23.7 Å². The molecule has 19 heavy (non-hydrogen) atoms. The highest BCUT2D eigenvalue weighted by atomic mass is 16.5. The van der Waals surface area contributed by atoms with E-state index in [1.165, 1.54) is 0 Å². The van der Waals surface area contributed by atoms with Gasteiger partial charge in [-0.05, 0) is 32.8 Å². The van der Waals surface area contributed by atoms with Gasteiger partial charge in [0.25, 0.3) is 0 Å². The molecule has 1 aromatic rings. The molecule has 104 valence electrons. The predicted octanol–water partition coefficient (Wildman–Crippen LogP) is 1.41. The maximum atomic E-state index is 11.5. The minimum Gasteiger partial charge on any atom is -0.478 e. The van der Waals surface area contributed by atoms with Crippen molar-refractivity contribution in [3.63, 3.8) is 0 Å². The van der Waals surface area contributed by atoms with E-state index >= 15 is 0 Å². The number of rotatable bonds is 3. The Morgan fingerprint density at radius 1 is 1.42 bits per heavy atom. The van der Waals surface area contributed by atoms with E-state index in [2.05, 4.69) is 10.2 Å². The molecule has 0 amide bonds. The van der Waals surface area contributed by atoms with Crippen LogP contribution in [0.15, 0.2) is 0 Å². The fourth-order valence-corrected chi connectivity index (χ4v) is 2.48. The van der Waals surface area contributed by atoms with Gasteiger partial charge < -0.3 is 14.7 Å². The summed E-state index contributed by atoms with van der Waals surface area (Å²) >= 11 is 0. The number of hydrogen-bond acceptors (Lipinski definition) is 5. The molecule has 1 aliphatic rings. The first-order chi connectivity index (χ1) is 8.93. The normalized spacial score (nSPS) is 22.5. The average molecular weight is 265 g/mol. The summed E-state index contributed by atoms with van der Waals surface area (Å²) in [7, 11) is 1.85. The van der Waals surface area contributed by atoms with Crippen LogP contribution in [0.1, 0.15) is 35.0 Å². The predicted molar refractivity (Wildman–Crippen MR) is 70.7 cm³/mol. The number of nitrogens with zero attached hydrogens (tertiary/aromatic N) is 3. The van der Waals surface area contributed by atoms with Crippen LogP contribution in [0.2, 0.25) is 0 Å². The SMILES string of the molecule is Cc1nnc(N(C)C2CCOC2C)c(C(=O)O)c1C. The summed E-state index contributed by atoms with van der Waals surface area (Å²) in [5.74, 6) is -0.554. The van der Waals surface area contributed by atoms with Crippen molar-refractivity contribution in [2.75, 3.05) is 18.6 Å². The van der Waals surface area contributed by atoms with Gasteiger partial charge in [0, 0.05) is 13.7 Å². The largest absolute Gasteiger partial charge is 0.478 e. The van der Waals surface area contributed by atoms with Crippen molar-refractivity contribution in [2.45, 2.75) is 39.3 Å². The summed E-state index contributed by atoms with van der Waals surface area (Å²) in [5, 5.41) is 17.5. The van der Waals surface area contributed by atoms with Crippen molar-refractivity contribution >= 4 is 11.8 Å². The molecule has 6 heteroatoms. The van der Waals surface area contributed by atoms with Crippen molar-refractivity contribution in [3.8, 4) is 0 Å². The summed E-state index contributed by atoms with van der Waals surface area (Å²) in [4.78, 5) is 13.3. The average Bonchev–Trinajstić information content (AvgIpc) is 2.77. The molecule has 1 N–H and O–H groups in total. The second-order valence-corrected chi connectivity index (χ2v) is 4.96. The molecule has 2 heterocycles. The van der Waals surface area contributed by atoms with E-state index < -0.39 is 5.97 Å². The van der Waals surface area contributed by atoms with E-state index in [1.54, 1.807) is 13.8 Å². The quantitative estimate of drug-likeness (QED) is 0.890. The van der Waals surface area contributed by atoms with Gasteiger partial charge in [0.2, 0.25) is 0 Å². The first-order valence-electron chi connectivity index (χ1n) is 6.35. The number of hydrogen-bond donors (Lipinski definition) is 1. The van der Waals surface area contributed by atoms with Crippen LogP contribution >= 0.6 is 0 Å². The topological polar surface area (TPSA) is 75.5 Å². The summed E-state index contributed by atoms with van der Waals surface area (Å²) in [6, 6.07) is 0.134. The molecule has 0 saturated carbocycles. The van der Waals surface area contributed by atoms with Gasteiger partial charge in [-0.25, -0.2) is 4.79 Å². The molecule has 1 fully saturated rings. The number of carbonyl (C=O) groups is 1. The maximum Gasteiger partial charge on any atom is 0.339 e. The van der Waals surface area contributed by atoms with Crippen molar-refractivity contribution in [1.82, 2.24) is 10.2 Å². The van der Waals surface area contributed by atoms with Gasteiger partial charge in [-0.15, -0.1) is 5.10 Å². The zero-order chi connectivity index (χ0) is 14.2. The van der Waals surface area contributed by atoms with Gasteiger partial charge in [0.15, 0.2) is 5.82 Å². The number of aromatic nitrogens is 2. The lowest BCUT2D eigenvalue weighted by atomic mass is 10.1. The highest BCUT2D eigenvalue weighted by Crippen LogP contribution is 2.27. The second-order valence-electron chi connectivity index (χ2n) is 4.96. The Balaban J connectivity index is 2.44. The molecule has 1 aliphatic heterocycles. The molecule has 1 saturated heterocycles. The number of anilines is 1. The molecule has 0 aliphatic carbocycles. The van der Waals surface area contributed by atoms with Gasteiger partial charge >= 0.3 is 5.97 Å². The van der Waals surface area contributed by atoms with Crippen molar-refractivity contribution in [1.29, 1.82) is 0 Å². The Morgan fingerprint density at radius 2 is 2.11 bits per heavy atom. The Hall–Kier alpha value is -1.69. The van der Waals surface area contributed by atoms with Gasteiger partial charge in [0.05, 0.1) is 17.8 Å². The molecular weight excluding hydrogens is 246 g/mol. The van der Waals surface area contributed by atoms with Crippen LogP contribution in [-0.2, 0) is 4.74 Å². The molecule has 2 unspecified atom stereocenters. The fourth-order valence-electron chi connectivity index (χ4n) is 2.48. The highest BCUT2D eigenvalue weighted by molar-refractivity contribution is 5.95. The van der Waals surface area contributed by atoms with Crippen LogP contribution in [0.3, 0.4) is 0 Å². The number of likely N-dealkylation sites (N-methyl/N-ethyl adjacent to an activating group) is 1. The zero-order valence-electron chi connectivity index (χ0n) is 11.7. The smallest absolute Gasteiger partial charge is 0.339 e. The van der Waals surface area contributed by atoms with Gasteiger partial charge in [-0.3, -0.25) is 0 Å². The number of carboxylic acids is 1. The number of ether oxygens (including phenoxy) is 1. The summed E-state index contributed by atoms with van der Waals surface area (Å²) in [6.45, 7) is 6.21. The number of aryl methyl sites for hydroxylation is 1. The number of carboxylic acid groups (broad SMARTS) is 1. The molecule has 2 rings (SSSR count). The Morgan fingerprint density at radius 3 is 2.63 bits per heavy atom. The first kappa shape index (κ1) is 13.7. The number of aromatic carboxylic acids is 1. The van der Waals surface area contributed by atoms with Gasteiger partial charge in [-0.1, -0.05) is 0 Å². The zero-order valence-corrected chi connectivity index (χ0v) is 11.7. The molecule has 0 spiro atoms. The minimum atomic E-state index is -0.969. The monoisotopic (exact) mass is 265 g/mol.